The molecule has 1 spiro atoms. The van der Waals surface area contributed by atoms with Crippen LogP contribution in [0.4, 0.5) is 17.1 Å². The fraction of sp³-hybridized carbons (Fsp3) is 0.0357. The Kier molecular flexibility index (Phi) is 7.09. The molecule has 12 rings (SSSR count). The van der Waals surface area contributed by atoms with Crippen molar-refractivity contribution in [2.45, 2.75) is 10.8 Å². The molecular weight excluding hydrogens is 703 g/mol. The third-order valence-corrected chi connectivity index (χ3v) is 12.8. The van der Waals surface area contributed by atoms with E-state index in [1.807, 2.05) is 0 Å². The molecule has 2 aliphatic carbocycles. The second-order valence-electron chi connectivity index (χ2n) is 15.5. The maximum atomic E-state index is 6.68. The van der Waals surface area contributed by atoms with Crippen LogP contribution in [-0.4, -0.2) is 0 Å². The van der Waals surface area contributed by atoms with Crippen molar-refractivity contribution in [1.82, 2.24) is 0 Å². The maximum Gasteiger partial charge on any atom is 0.132 e. The summed E-state index contributed by atoms with van der Waals surface area (Å²) < 4.78 is 6.68. The van der Waals surface area contributed by atoms with Crippen LogP contribution in [0.2, 0.25) is 0 Å². The van der Waals surface area contributed by atoms with Crippen LogP contribution in [0.15, 0.2) is 224 Å². The lowest BCUT2D eigenvalue weighted by Gasteiger charge is -2.39. The van der Waals surface area contributed by atoms with Crippen LogP contribution >= 0.6 is 0 Å². The minimum absolute atomic E-state index is 0.508. The molecule has 0 atom stereocenters. The average molecular weight is 740 g/mol. The first kappa shape index (κ1) is 32.8. The van der Waals surface area contributed by atoms with Crippen LogP contribution in [0.3, 0.4) is 0 Å². The highest BCUT2D eigenvalue weighted by molar-refractivity contribution is 5.98. The van der Waals surface area contributed by atoms with Gasteiger partial charge in [0.1, 0.15) is 11.5 Å². The summed E-state index contributed by atoms with van der Waals surface area (Å²) in [6.45, 7) is 0. The van der Waals surface area contributed by atoms with Crippen LogP contribution in [0.25, 0.3) is 22.3 Å². The van der Waals surface area contributed by atoms with Crippen molar-refractivity contribution in [1.29, 1.82) is 0 Å². The average Bonchev–Trinajstić information content (AvgIpc) is 3.76. The van der Waals surface area contributed by atoms with E-state index in [9.17, 15) is 0 Å². The molecule has 9 aromatic rings. The van der Waals surface area contributed by atoms with E-state index in [4.69, 9.17) is 4.74 Å². The molecule has 272 valence electrons. The zero-order valence-corrected chi connectivity index (χ0v) is 31.7. The first-order valence-electron chi connectivity index (χ1n) is 20.1. The Hall–Kier alpha value is -7.42. The lowest BCUT2D eigenvalue weighted by Crippen LogP contribution is -2.32. The Morgan fingerprint density at radius 2 is 0.793 bits per heavy atom. The van der Waals surface area contributed by atoms with E-state index in [1.54, 1.807) is 0 Å². The van der Waals surface area contributed by atoms with E-state index in [1.165, 1.54) is 55.6 Å². The van der Waals surface area contributed by atoms with Crippen molar-refractivity contribution in [2.75, 3.05) is 4.90 Å². The Bertz CT molecular complexity index is 2960. The van der Waals surface area contributed by atoms with Gasteiger partial charge in [0.15, 0.2) is 0 Å². The molecule has 1 heterocycles. The van der Waals surface area contributed by atoms with E-state index in [2.05, 4.69) is 229 Å². The summed E-state index contributed by atoms with van der Waals surface area (Å²) >= 11 is 0. The highest BCUT2D eigenvalue weighted by Gasteiger charge is 2.52. The van der Waals surface area contributed by atoms with E-state index >= 15 is 0 Å². The summed E-state index contributed by atoms with van der Waals surface area (Å²) in [7, 11) is 0. The summed E-state index contributed by atoms with van der Waals surface area (Å²) in [4.78, 5) is 2.48. The number of fused-ring (bicyclic) bond motifs is 12. The number of ether oxygens (including phenoxy) is 1. The molecule has 58 heavy (non-hydrogen) atoms. The third-order valence-electron chi connectivity index (χ3n) is 12.8. The second-order valence-corrected chi connectivity index (χ2v) is 15.5. The van der Waals surface area contributed by atoms with Gasteiger partial charge in [-0.2, -0.15) is 0 Å². The molecule has 9 aromatic carbocycles. The van der Waals surface area contributed by atoms with Gasteiger partial charge in [-0.05, 0) is 92.5 Å². The Morgan fingerprint density at radius 1 is 0.310 bits per heavy atom. The van der Waals surface area contributed by atoms with E-state index < -0.39 is 10.8 Å². The molecule has 0 unspecified atom stereocenters. The number of nitrogens with zero attached hydrogens (tertiary/aromatic N) is 1. The second kappa shape index (κ2) is 12.5. The van der Waals surface area contributed by atoms with Gasteiger partial charge in [0, 0.05) is 28.1 Å². The van der Waals surface area contributed by atoms with Crippen LogP contribution < -0.4 is 9.64 Å². The molecule has 1 aliphatic heterocycles. The number of hydrogen-bond donors (Lipinski definition) is 0. The normalized spacial score (nSPS) is 14.3. The van der Waals surface area contributed by atoms with Crippen molar-refractivity contribution in [3.8, 4) is 33.8 Å². The monoisotopic (exact) mass is 739 g/mol. The molecule has 0 amide bonds. The van der Waals surface area contributed by atoms with Gasteiger partial charge in [0.2, 0.25) is 0 Å². The fourth-order valence-corrected chi connectivity index (χ4v) is 10.6. The van der Waals surface area contributed by atoms with Crippen molar-refractivity contribution < 1.29 is 4.74 Å². The summed E-state index contributed by atoms with van der Waals surface area (Å²) in [5.41, 5.74) is 17.2. The lowest BCUT2D eigenvalue weighted by molar-refractivity contribution is 0.436. The van der Waals surface area contributed by atoms with Gasteiger partial charge in [0.25, 0.3) is 0 Å². The summed E-state index contributed by atoms with van der Waals surface area (Å²) in [5.74, 6) is 1.79. The summed E-state index contributed by atoms with van der Waals surface area (Å²) in [6, 6.07) is 82.2. The van der Waals surface area contributed by atoms with Gasteiger partial charge in [-0.15, -0.1) is 0 Å². The van der Waals surface area contributed by atoms with Gasteiger partial charge in [-0.3, -0.25) is 0 Å². The number of benzene rings is 9. The Balaban J connectivity index is 1.16. The number of para-hydroxylation sites is 3. The molecule has 0 saturated carbocycles. The zero-order chi connectivity index (χ0) is 38.3. The molecule has 0 bridgehead atoms. The smallest absolute Gasteiger partial charge is 0.132 e. The van der Waals surface area contributed by atoms with Crippen molar-refractivity contribution in [3.63, 3.8) is 0 Å². The standard InChI is InChI=1S/C56H37NO/c1-4-19-38(20-5-1)55(39-21-6-2-7-22-39)46-28-13-11-26-44(46)54-49(55)31-18-32-51(54)57(40-23-8-3-9-24-40)41-35-36-43-42-25-10-12-27-45(42)56(50(43)37-41)47-29-14-16-33-52(47)58-53-34-17-15-30-48(53)56/h1-37H. The molecule has 0 radical (unpaired) electrons. The van der Waals surface area contributed by atoms with Crippen LogP contribution in [0.5, 0.6) is 11.5 Å². The predicted molar refractivity (Wildman–Crippen MR) is 236 cm³/mol. The SMILES string of the molecule is c1ccc(N(c2ccc3c(c2)C2(c4ccccc4Oc4ccccc42)c2ccccc2-3)c2cccc3c2-c2ccccc2C3(c2ccccc2)c2ccccc2)cc1. The third kappa shape index (κ3) is 4.32. The molecular formula is C56H37NO. The van der Waals surface area contributed by atoms with Crippen molar-refractivity contribution >= 4 is 17.1 Å². The van der Waals surface area contributed by atoms with Gasteiger partial charge in [-0.1, -0.05) is 182 Å². The van der Waals surface area contributed by atoms with Gasteiger partial charge >= 0.3 is 0 Å². The number of rotatable bonds is 5. The number of anilines is 3. The van der Waals surface area contributed by atoms with E-state index in [0.717, 1.165) is 39.7 Å². The minimum Gasteiger partial charge on any atom is -0.457 e. The first-order valence-corrected chi connectivity index (χ1v) is 20.1. The highest BCUT2D eigenvalue weighted by Crippen LogP contribution is 2.64. The van der Waals surface area contributed by atoms with Crippen LogP contribution in [-0.2, 0) is 10.8 Å². The molecule has 2 heteroatoms. The quantitative estimate of drug-likeness (QED) is 0.174. The van der Waals surface area contributed by atoms with Crippen molar-refractivity contribution in [2.24, 2.45) is 0 Å². The summed E-state index contributed by atoms with van der Waals surface area (Å²) in [6.07, 6.45) is 0. The highest BCUT2D eigenvalue weighted by atomic mass is 16.5. The fourth-order valence-electron chi connectivity index (χ4n) is 10.6. The first-order chi connectivity index (χ1) is 28.8. The lowest BCUT2D eigenvalue weighted by atomic mass is 9.66. The van der Waals surface area contributed by atoms with Gasteiger partial charge in [-0.25, -0.2) is 0 Å². The van der Waals surface area contributed by atoms with Crippen LogP contribution in [0.1, 0.15) is 44.5 Å². The van der Waals surface area contributed by atoms with E-state index in [0.29, 0.717) is 0 Å². The topological polar surface area (TPSA) is 12.5 Å². The Labute approximate surface area is 338 Å². The largest absolute Gasteiger partial charge is 0.457 e. The van der Waals surface area contributed by atoms with Gasteiger partial charge < -0.3 is 9.64 Å². The van der Waals surface area contributed by atoms with Gasteiger partial charge in [0.05, 0.1) is 16.5 Å². The van der Waals surface area contributed by atoms with Crippen molar-refractivity contribution in [3.05, 3.63) is 269 Å². The molecule has 0 N–H and O–H groups in total. The predicted octanol–water partition coefficient (Wildman–Crippen LogP) is 14.0. The molecule has 0 aromatic heterocycles. The summed E-state index contributed by atoms with van der Waals surface area (Å²) in [5, 5.41) is 0. The number of hydrogen-bond acceptors (Lipinski definition) is 2. The molecule has 3 aliphatic rings. The minimum atomic E-state index is -0.573. The van der Waals surface area contributed by atoms with Crippen LogP contribution in [0, 0.1) is 0 Å². The maximum absolute atomic E-state index is 6.68. The Morgan fingerprint density at radius 3 is 1.43 bits per heavy atom. The molecule has 2 nitrogen and oxygen atoms in total. The molecule has 0 saturated heterocycles. The zero-order valence-electron chi connectivity index (χ0n) is 31.7. The van der Waals surface area contributed by atoms with E-state index in [-0.39, 0.29) is 0 Å². The molecule has 0 fully saturated rings.